The van der Waals surface area contributed by atoms with E-state index in [1.165, 1.54) is 11.3 Å². The third-order valence-electron chi connectivity index (χ3n) is 5.41. The normalized spacial score (nSPS) is 18.9. The fourth-order valence-corrected chi connectivity index (χ4v) is 5.51. The number of aromatic nitrogens is 2. The van der Waals surface area contributed by atoms with E-state index in [0.717, 1.165) is 32.1 Å². The number of aliphatic hydroxyl groups excluding tert-OH is 1. The third kappa shape index (κ3) is 4.24. The van der Waals surface area contributed by atoms with E-state index in [0.29, 0.717) is 25.2 Å². The quantitative estimate of drug-likeness (QED) is 0.538. The minimum atomic E-state index is -3.65. The third-order valence-corrected chi connectivity index (χ3v) is 7.78. The van der Waals surface area contributed by atoms with E-state index in [-0.39, 0.29) is 16.9 Å². The summed E-state index contributed by atoms with van der Waals surface area (Å²) in [6.07, 6.45) is 4.40. The van der Waals surface area contributed by atoms with Gasteiger partial charge in [-0.15, -0.1) is 11.3 Å². The van der Waals surface area contributed by atoms with Crippen LogP contribution in [0.4, 0.5) is 5.82 Å². The van der Waals surface area contributed by atoms with E-state index in [1.54, 1.807) is 30.6 Å². The molecule has 0 atom stereocenters. The topological polar surface area (TPSA) is 118 Å². The van der Waals surface area contributed by atoms with Gasteiger partial charge in [0.05, 0.1) is 20.9 Å². The van der Waals surface area contributed by atoms with Gasteiger partial charge in [0.15, 0.2) is 0 Å². The molecule has 0 saturated heterocycles. The van der Waals surface area contributed by atoms with Gasteiger partial charge in [0.1, 0.15) is 5.82 Å². The maximum absolute atomic E-state index is 12.8. The minimum absolute atomic E-state index is 0.186. The molecule has 0 unspecified atom stereocenters. The molecule has 7 nitrogen and oxygen atoms in total. The molecule has 4 rings (SSSR count). The number of nitrogens with one attached hydrogen (secondary N) is 1. The number of benzene rings is 1. The van der Waals surface area contributed by atoms with Crippen LogP contribution in [-0.4, -0.2) is 36.1 Å². The Balaban J connectivity index is 1.65. The Morgan fingerprint density at radius 1 is 1.17 bits per heavy atom. The van der Waals surface area contributed by atoms with Gasteiger partial charge >= 0.3 is 0 Å². The van der Waals surface area contributed by atoms with Gasteiger partial charge in [-0.3, -0.25) is 0 Å². The van der Waals surface area contributed by atoms with Crippen LogP contribution in [0.2, 0.25) is 0 Å². The molecule has 9 heteroatoms. The summed E-state index contributed by atoms with van der Waals surface area (Å²) in [6.45, 7) is 4.19. The number of nitrogens with two attached hydrogens (primary N) is 1. The van der Waals surface area contributed by atoms with Gasteiger partial charge in [-0.1, -0.05) is 6.07 Å². The van der Waals surface area contributed by atoms with Gasteiger partial charge in [-0.25, -0.2) is 23.1 Å². The van der Waals surface area contributed by atoms with Gasteiger partial charge in [-0.2, -0.15) is 0 Å². The molecule has 0 spiro atoms. The van der Waals surface area contributed by atoms with Crippen molar-refractivity contribution in [2.75, 3.05) is 12.3 Å². The molecule has 2 aromatic heterocycles. The van der Waals surface area contributed by atoms with Gasteiger partial charge in [0, 0.05) is 30.1 Å². The molecule has 1 aromatic carbocycles. The highest BCUT2D eigenvalue weighted by molar-refractivity contribution is 7.89. The monoisotopic (exact) mass is 444 g/mol. The van der Waals surface area contributed by atoms with Crippen LogP contribution >= 0.6 is 11.3 Å². The van der Waals surface area contributed by atoms with E-state index in [9.17, 15) is 13.5 Å². The Kier molecular flexibility index (Phi) is 5.63. The van der Waals surface area contributed by atoms with Crippen molar-refractivity contribution in [2.24, 2.45) is 5.92 Å². The standard InChI is InChI=1S/C21H24N4O3S2/c1-12-3-4-17(30(27,28)25-9-14-5-16(26)6-14)8-18(12)15-7-19(21(22)24-10-15)20-11-23-13(2)29-20/h3-4,7-8,10-11,14,16,25-26H,5-6,9H2,1-2H3,(H2,22,24)/t14-,16-. The number of hydrogen-bond acceptors (Lipinski definition) is 7. The van der Waals surface area contributed by atoms with Crippen LogP contribution in [-0.2, 0) is 10.0 Å². The molecule has 1 aliphatic rings. The lowest BCUT2D eigenvalue weighted by atomic mass is 9.83. The molecule has 0 radical (unpaired) electrons. The van der Waals surface area contributed by atoms with Crippen LogP contribution in [0.15, 0.2) is 41.6 Å². The van der Waals surface area contributed by atoms with Crippen LogP contribution in [0.25, 0.3) is 21.6 Å². The Morgan fingerprint density at radius 2 is 1.93 bits per heavy atom. The fourth-order valence-electron chi connectivity index (χ4n) is 3.56. The lowest BCUT2D eigenvalue weighted by Gasteiger charge is -2.31. The van der Waals surface area contributed by atoms with Crippen molar-refractivity contribution >= 4 is 27.2 Å². The first-order chi connectivity index (χ1) is 14.2. The highest BCUT2D eigenvalue weighted by Crippen LogP contribution is 2.34. The number of pyridine rings is 1. The zero-order valence-corrected chi connectivity index (χ0v) is 18.4. The molecule has 1 aliphatic carbocycles. The predicted molar refractivity (Wildman–Crippen MR) is 119 cm³/mol. The number of nitrogen functional groups attached to an aromatic ring is 1. The molecule has 1 saturated carbocycles. The van der Waals surface area contributed by atoms with Crippen molar-refractivity contribution in [3.8, 4) is 21.6 Å². The summed E-state index contributed by atoms with van der Waals surface area (Å²) in [4.78, 5) is 9.74. The summed E-state index contributed by atoms with van der Waals surface area (Å²) >= 11 is 1.53. The SMILES string of the molecule is Cc1ncc(-c2cc(-c3cc(S(=O)(=O)NC[C@H]4C[C@H](O)C4)ccc3C)cnc2N)s1. The van der Waals surface area contributed by atoms with Crippen molar-refractivity contribution in [1.29, 1.82) is 0 Å². The summed E-state index contributed by atoms with van der Waals surface area (Å²) in [5.74, 6) is 0.597. The number of thiazole rings is 1. The Bertz CT molecular complexity index is 1180. The van der Waals surface area contributed by atoms with E-state index in [4.69, 9.17) is 5.73 Å². The Labute approximate surface area is 180 Å². The molecular weight excluding hydrogens is 420 g/mol. The summed E-state index contributed by atoms with van der Waals surface area (Å²) in [5, 5.41) is 10.3. The zero-order chi connectivity index (χ0) is 21.5. The van der Waals surface area contributed by atoms with E-state index < -0.39 is 10.0 Å². The van der Waals surface area contributed by atoms with Gasteiger partial charge in [0.2, 0.25) is 10.0 Å². The minimum Gasteiger partial charge on any atom is -0.393 e. The van der Waals surface area contributed by atoms with Crippen LogP contribution in [0.5, 0.6) is 0 Å². The lowest BCUT2D eigenvalue weighted by molar-refractivity contribution is 0.0453. The number of aliphatic hydroxyl groups is 1. The number of rotatable bonds is 6. The fraction of sp³-hybridized carbons (Fsp3) is 0.333. The molecule has 4 N–H and O–H groups in total. The zero-order valence-electron chi connectivity index (χ0n) is 16.8. The van der Waals surface area contributed by atoms with Crippen LogP contribution in [0.3, 0.4) is 0 Å². The molecular formula is C21H24N4O3S2. The van der Waals surface area contributed by atoms with Crippen molar-refractivity contribution in [3.63, 3.8) is 0 Å². The first-order valence-corrected chi connectivity index (χ1v) is 12.0. The molecule has 0 bridgehead atoms. The summed E-state index contributed by atoms with van der Waals surface area (Å²) in [7, 11) is -3.65. The summed E-state index contributed by atoms with van der Waals surface area (Å²) in [5.41, 5.74) is 9.39. The smallest absolute Gasteiger partial charge is 0.240 e. The number of hydrogen-bond donors (Lipinski definition) is 3. The average molecular weight is 445 g/mol. The van der Waals surface area contributed by atoms with Gasteiger partial charge in [0.25, 0.3) is 0 Å². The second kappa shape index (κ2) is 8.07. The molecule has 0 aliphatic heterocycles. The first-order valence-electron chi connectivity index (χ1n) is 9.70. The van der Waals surface area contributed by atoms with Crippen LogP contribution in [0, 0.1) is 19.8 Å². The largest absolute Gasteiger partial charge is 0.393 e. The van der Waals surface area contributed by atoms with Gasteiger partial charge in [-0.05, 0) is 61.9 Å². The average Bonchev–Trinajstić information content (AvgIpc) is 3.11. The highest BCUT2D eigenvalue weighted by Gasteiger charge is 2.28. The number of sulfonamides is 1. The summed E-state index contributed by atoms with van der Waals surface area (Å²) < 4.78 is 28.2. The van der Waals surface area contributed by atoms with Crippen molar-refractivity contribution in [3.05, 3.63) is 47.2 Å². The van der Waals surface area contributed by atoms with E-state index in [1.807, 2.05) is 19.9 Å². The second-order valence-corrected chi connectivity index (χ2v) is 10.7. The van der Waals surface area contributed by atoms with E-state index in [2.05, 4.69) is 14.7 Å². The number of anilines is 1. The molecule has 1 fully saturated rings. The molecule has 30 heavy (non-hydrogen) atoms. The van der Waals surface area contributed by atoms with Crippen LogP contribution < -0.4 is 10.5 Å². The van der Waals surface area contributed by atoms with E-state index >= 15 is 0 Å². The number of nitrogens with zero attached hydrogens (tertiary/aromatic N) is 2. The summed E-state index contributed by atoms with van der Waals surface area (Å²) in [6, 6.07) is 7.00. The van der Waals surface area contributed by atoms with Crippen molar-refractivity contribution in [1.82, 2.24) is 14.7 Å². The molecule has 158 valence electrons. The Morgan fingerprint density at radius 3 is 2.60 bits per heavy atom. The maximum atomic E-state index is 12.8. The van der Waals surface area contributed by atoms with Crippen molar-refractivity contribution in [2.45, 2.75) is 37.7 Å². The van der Waals surface area contributed by atoms with Gasteiger partial charge < -0.3 is 10.8 Å². The highest BCUT2D eigenvalue weighted by atomic mass is 32.2. The Hall–Kier alpha value is -2.33. The maximum Gasteiger partial charge on any atom is 0.240 e. The predicted octanol–water partition coefficient (Wildman–Crippen LogP) is 3.12. The van der Waals surface area contributed by atoms with Crippen LogP contribution in [0.1, 0.15) is 23.4 Å². The second-order valence-electron chi connectivity index (χ2n) is 7.72. The lowest BCUT2D eigenvalue weighted by Crippen LogP contribution is -2.38. The molecule has 3 aromatic rings. The first kappa shape index (κ1) is 20.9. The number of aryl methyl sites for hydroxylation is 2. The van der Waals surface area contributed by atoms with Crippen molar-refractivity contribution < 1.29 is 13.5 Å². The molecule has 0 amide bonds. The molecule has 2 heterocycles.